The molecule has 8 nitrogen and oxygen atoms in total. The van der Waals surface area contributed by atoms with Crippen LogP contribution in [0.2, 0.25) is 10.2 Å². The first-order valence-corrected chi connectivity index (χ1v) is 14.0. The number of halogens is 2. The molecule has 0 radical (unpaired) electrons. The van der Waals surface area contributed by atoms with Crippen LogP contribution >= 0.6 is 23.2 Å². The summed E-state index contributed by atoms with van der Waals surface area (Å²) >= 11 is 12.6. The second-order valence-electron chi connectivity index (χ2n) is 10.5. The van der Waals surface area contributed by atoms with Crippen LogP contribution in [-0.4, -0.2) is 77.0 Å². The molecule has 1 amide bonds. The SMILES string of the molecule is CCNC(=O)c1nc(Cl)c(N2CCN(C3CCN(C(C)(C)c4ccc(Cl)cc4)CC3)[C@@H](CC)C2)nc1N. The molecular formula is C27H39Cl2N7O. The summed E-state index contributed by atoms with van der Waals surface area (Å²) in [5.74, 6) is 0.309. The van der Waals surface area contributed by atoms with E-state index in [-0.39, 0.29) is 28.1 Å². The van der Waals surface area contributed by atoms with Gasteiger partial charge in [0.25, 0.3) is 5.91 Å². The first kappa shape index (κ1) is 27.9. The maximum atomic E-state index is 12.2. The number of carbonyl (C=O) groups is 1. The number of hydrogen-bond acceptors (Lipinski definition) is 7. The number of anilines is 2. The number of carbonyl (C=O) groups excluding carboxylic acids is 1. The Balaban J connectivity index is 1.40. The number of nitrogens with one attached hydrogen (secondary N) is 1. The molecule has 2 saturated heterocycles. The predicted molar refractivity (Wildman–Crippen MR) is 152 cm³/mol. The summed E-state index contributed by atoms with van der Waals surface area (Å²) < 4.78 is 0. The number of rotatable bonds is 7. The number of hydrogen-bond donors (Lipinski definition) is 2. The van der Waals surface area contributed by atoms with Gasteiger partial charge in [-0.2, -0.15) is 0 Å². The Morgan fingerprint density at radius 1 is 1.08 bits per heavy atom. The van der Waals surface area contributed by atoms with Gasteiger partial charge >= 0.3 is 0 Å². The van der Waals surface area contributed by atoms with E-state index in [1.807, 2.05) is 19.1 Å². The Morgan fingerprint density at radius 3 is 2.38 bits per heavy atom. The van der Waals surface area contributed by atoms with Crippen LogP contribution in [0.1, 0.15) is 63.0 Å². The standard InChI is InChI=1S/C27H39Cl2N7O/c1-5-20-17-34(25-23(29)32-22(24(30)33-25)26(37)31-6-2)15-16-36(20)21-11-13-35(14-12-21)27(3,4)18-7-9-19(28)10-8-18/h7-10,20-21H,5-6,11-17H2,1-4H3,(H2,30,33)(H,31,37)/t20-/m0/s1. The first-order chi connectivity index (χ1) is 17.6. The number of benzene rings is 1. The van der Waals surface area contributed by atoms with E-state index in [9.17, 15) is 4.79 Å². The van der Waals surface area contributed by atoms with Crippen molar-refractivity contribution in [1.29, 1.82) is 0 Å². The average molecular weight is 549 g/mol. The summed E-state index contributed by atoms with van der Waals surface area (Å²) in [6.45, 7) is 13.8. The highest BCUT2D eigenvalue weighted by molar-refractivity contribution is 6.32. The fourth-order valence-electron chi connectivity index (χ4n) is 5.73. The molecule has 0 bridgehead atoms. The predicted octanol–water partition coefficient (Wildman–Crippen LogP) is 4.42. The Labute approximate surface area is 230 Å². The van der Waals surface area contributed by atoms with Crippen LogP contribution in [0.3, 0.4) is 0 Å². The van der Waals surface area contributed by atoms with Crippen LogP contribution < -0.4 is 16.0 Å². The average Bonchev–Trinajstić information content (AvgIpc) is 2.90. The quantitative estimate of drug-likeness (QED) is 0.530. The molecule has 0 saturated carbocycles. The molecule has 0 unspecified atom stereocenters. The molecule has 2 aliphatic heterocycles. The molecule has 1 atom stereocenters. The van der Waals surface area contributed by atoms with Crippen LogP contribution in [0.4, 0.5) is 11.6 Å². The maximum absolute atomic E-state index is 12.2. The Bertz CT molecular complexity index is 1090. The zero-order valence-corrected chi connectivity index (χ0v) is 23.8. The monoisotopic (exact) mass is 547 g/mol. The van der Waals surface area contributed by atoms with Gasteiger partial charge < -0.3 is 16.0 Å². The Hall–Kier alpha value is -2.13. The smallest absolute Gasteiger partial charge is 0.273 e. The van der Waals surface area contributed by atoms with Crippen LogP contribution in [0, 0.1) is 0 Å². The lowest BCUT2D eigenvalue weighted by atomic mass is 9.88. The van der Waals surface area contributed by atoms with Crippen molar-refractivity contribution in [2.45, 2.75) is 64.6 Å². The third-order valence-electron chi connectivity index (χ3n) is 7.99. The number of nitrogens with two attached hydrogens (primary N) is 1. The second-order valence-corrected chi connectivity index (χ2v) is 11.3. The number of piperazine rings is 1. The number of amides is 1. The molecule has 202 valence electrons. The second kappa shape index (κ2) is 11.7. The summed E-state index contributed by atoms with van der Waals surface area (Å²) in [7, 11) is 0. The highest BCUT2D eigenvalue weighted by Gasteiger charge is 2.37. The van der Waals surface area contributed by atoms with Crippen molar-refractivity contribution in [1.82, 2.24) is 25.1 Å². The van der Waals surface area contributed by atoms with Crippen LogP contribution in [-0.2, 0) is 5.54 Å². The van der Waals surface area contributed by atoms with Crippen molar-refractivity contribution in [3.8, 4) is 0 Å². The maximum Gasteiger partial charge on any atom is 0.273 e. The van der Waals surface area contributed by atoms with Crippen molar-refractivity contribution in [2.24, 2.45) is 0 Å². The third kappa shape index (κ3) is 5.98. The van der Waals surface area contributed by atoms with Gasteiger partial charge in [-0.1, -0.05) is 42.3 Å². The topological polar surface area (TPSA) is 90.6 Å². The fraction of sp³-hybridized carbons (Fsp3) is 0.593. The molecular weight excluding hydrogens is 509 g/mol. The van der Waals surface area contributed by atoms with E-state index >= 15 is 0 Å². The molecule has 10 heteroatoms. The van der Waals surface area contributed by atoms with Crippen LogP contribution in [0.15, 0.2) is 24.3 Å². The minimum atomic E-state index is -0.359. The van der Waals surface area contributed by atoms with Gasteiger partial charge in [-0.15, -0.1) is 0 Å². The number of nitrogens with zero attached hydrogens (tertiary/aromatic N) is 5. The summed E-state index contributed by atoms with van der Waals surface area (Å²) in [6.07, 6.45) is 3.31. The number of nitrogen functional groups attached to an aromatic ring is 1. The van der Waals surface area contributed by atoms with Gasteiger partial charge in [0.15, 0.2) is 22.5 Å². The Kier molecular flexibility index (Phi) is 8.84. The van der Waals surface area contributed by atoms with Gasteiger partial charge in [0.1, 0.15) is 0 Å². The van der Waals surface area contributed by atoms with Crippen molar-refractivity contribution in [2.75, 3.05) is 49.9 Å². The summed E-state index contributed by atoms with van der Waals surface area (Å²) in [4.78, 5) is 28.4. The molecule has 2 aromatic rings. The lowest BCUT2D eigenvalue weighted by Gasteiger charge is -2.50. The van der Waals surface area contributed by atoms with Gasteiger partial charge in [0, 0.05) is 61.9 Å². The van der Waals surface area contributed by atoms with E-state index in [0.29, 0.717) is 24.4 Å². The molecule has 0 spiro atoms. The van der Waals surface area contributed by atoms with E-state index in [1.165, 1.54) is 5.56 Å². The highest BCUT2D eigenvalue weighted by atomic mass is 35.5. The number of aromatic nitrogens is 2. The number of likely N-dealkylation sites (tertiary alicyclic amines) is 1. The van der Waals surface area contributed by atoms with Gasteiger partial charge in [0.05, 0.1) is 0 Å². The van der Waals surface area contributed by atoms with E-state index in [1.54, 1.807) is 0 Å². The van der Waals surface area contributed by atoms with Crippen LogP contribution in [0.5, 0.6) is 0 Å². The molecule has 3 N–H and O–H groups in total. The fourth-order valence-corrected chi connectivity index (χ4v) is 6.11. The normalized spacial score (nSPS) is 20.3. The minimum Gasteiger partial charge on any atom is -0.382 e. The van der Waals surface area contributed by atoms with E-state index in [2.05, 4.69) is 62.9 Å². The zero-order valence-electron chi connectivity index (χ0n) is 22.3. The highest BCUT2D eigenvalue weighted by Crippen LogP contribution is 2.34. The molecule has 0 aliphatic carbocycles. The van der Waals surface area contributed by atoms with Gasteiger partial charge in [-0.05, 0) is 57.7 Å². The molecule has 1 aromatic heterocycles. The largest absolute Gasteiger partial charge is 0.382 e. The van der Waals surface area contributed by atoms with Crippen LogP contribution in [0.25, 0.3) is 0 Å². The van der Waals surface area contributed by atoms with Crippen molar-refractivity contribution in [3.63, 3.8) is 0 Å². The van der Waals surface area contributed by atoms with Gasteiger partial charge in [-0.25, -0.2) is 9.97 Å². The third-order valence-corrected chi connectivity index (χ3v) is 8.50. The number of piperidine rings is 1. The molecule has 1 aromatic carbocycles. The Morgan fingerprint density at radius 2 is 1.76 bits per heavy atom. The lowest BCUT2D eigenvalue weighted by Crippen LogP contribution is -2.59. The molecule has 3 heterocycles. The van der Waals surface area contributed by atoms with Gasteiger partial charge in [-0.3, -0.25) is 14.6 Å². The first-order valence-electron chi connectivity index (χ1n) is 13.3. The zero-order chi connectivity index (χ0) is 26.7. The minimum absolute atomic E-state index is 0.0338. The van der Waals surface area contributed by atoms with E-state index in [0.717, 1.165) is 57.0 Å². The molecule has 2 aliphatic rings. The summed E-state index contributed by atoms with van der Waals surface area (Å²) in [6, 6.07) is 9.19. The molecule has 4 rings (SSSR count). The van der Waals surface area contributed by atoms with E-state index < -0.39 is 0 Å². The summed E-state index contributed by atoms with van der Waals surface area (Å²) in [5.41, 5.74) is 7.44. The van der Waals surface area contributed by atoms with Gasteiger partial charge in [0.2, 0.25) is 0 Å². The lowest BCUT2D eigenvalue weighted by molar-refractivity contribution is 0.0247. The van der Waals surface area contributed by atoms with E-state index in [4.69, 9.17) is 28.9 Å². The van der Waals surface area contributed by atoms with Crippen molar-refractivity contribution >= 4 is 40.7 Å². The van der Waals surface area contributed by atoms with Crippen molar-refractivity contribution in [3.05, 3.63) is 45.7 Å². The summed E-state index contributed by atoms with van der Waals surface area (Å²) in [5, 5.41) is 3.69. The molecule has 37 heavy (non-hydrogen) atoms. The molecule has 2 fully saturated rings. The van der Waals surface area contributed by atoms with Crippen molar-refractivity contribution < 1.29 is 4.79 Å².